The van der Waals surface area contributed by atoms with Crippen molar-refractivity contribution in [1.29, 1.82) is 0 Å². The van der Waals surface area contributed by atoms with Crippen molar-refractivity contribution in [2.75, 3.05) is 24.6 Å². The van der Waals surface area contributed by atoms with E-state index in [1.54, 1.807) is 35.6 Å². The number of carbonyl (C=O) groups is 1. The van der Waals surface area contributed by atoms with Gasteiger partial charge in [0.2, 0.25) is 0 Å². The van der Waals surface area contributed by atoms with Crippen LogP contribution in [0.2, 0.25) is 0 Å². The predicted molar refractivity (Wildman–Crippen MR) is 102 cm³/mol. The molecule has 8 heteroatoms. The van der Waals surface area contributed by atoms with E-state index in [1.165, 1.54) is 24.3 Å². The zero-order chi connectivity index (χ0) is 17.8. The minimum Gasteiger partial charge on any atom is -0.349 e. The third kappa shape index (κ3) is 4.07. The first-order chi connectivity index (χ1) is 12.8. The molecule has 2 fully saturated rings. The number of hydrogen-bond acceptors (Lipinski definition) is 6. The molecule has 2 saturated heterocycles. The first-order valence-corrected chi connectivity index (χ1v) is 10.4. The number of nitrogens with zero attached hydrogens (tertiary/aromatic N) is 5. The summed E-state index contributed by atoms with van der Waals surface area (Å²) < 4.78 is 1.69. The van der Waals surface area contributed by atoms with Crippen LogP contribution in [0.5, 0.6) is 0 Å². The van der Waals surface area contributed by atoms with Gasteiger partial charge < -0.3 is 10.2 Å². The van der Waals surface area contributed by atoms with E-state index in [0.29, 0.717) is 11.4 Å². The number of nitrogens with one attached hydrogen (secondary N) is 1. The average Bonchev–Trinajstić information content (AvgIpc) is 3.24. The van der Waals surface area contributed by atoms with Crippen molar-refractivity contribution in [2.45, 2.75) is 37.8 Å². The quantitative estimate of drug-likeness (QED) is 0.881. The highest BCUT2D eigenvalue weighted by Gasteiger charge is 2.27. The second-order valence-electron chi connectivity index (χ2n) is 6.90. The Morgan fingerprint density at radius 2 is 1.85 bits per heavy atom. The van der Waals surface area contributed by atoms with Crippen LogP contribution in [0.4, 0.5) is 0 Å². The molecule has 138 valence electrons. The van der Waals surface area contributed by atoms with Crippen LogP contribution >= 0.6 is 11.8 Å². The van der Waals surface area contributed by atoms with Crippen molar-refractivity contribution in [1.82, 2.24) is 30.0 Å². The smallest absolute Gasteiger partial charge is 0.251 e. The number of hydrogen-bond donors (Lipinski definition) is 1. The van der Waals surface area contributed by atoms with E-state index in [4.69, 9.17) is 0 Å². The Hall–Kier alpha value is -1.93. The van der Waals surface area contributed by atoms with Crippen LogP contribution in [-0.2, 0) is 0 Å². The molecule has 4 rings (SSSR count). The molecule has 0 atom stereocenters. The standard InChI is InChI=1S/C18H24N6OS/c25-18(14-1-6-19-17(11-14)24-12-20-21-13-24)22-15-2-7-23(8-3-15)16-4-9-26-10-5-16/h1,6,11-13,15-16H,2-5,7-10H2,(H,22,25). The van der Waals surface area contributed by atoms with Gasteiger partial charge in [-0.15, -0.1) is 10.2 Å². The lowest BCUT2D eigenvalue weighted by molar-refractivity contribution is 0.0886. The lowest BCUT2D eigenvalue weighted by Crippen LogP contribution is -2.48. The Labute approximate surface area is 157 Å². The van der Waals surface area contributed by atoms with Gasteiger partial charge in [-0.2, -0.15) is 11.8 Å². The molecule has 0 bridgehead atoms. The van der Waals surface area contributed by atoms with Gasteiger partial charge in [-0.25, -0.2) is 4.98 Å². The fraction of sp³-hybridized carbons (Fsp3) is 0.556. The molecular weight excluding hydrogens is 348 g/mol. The van der Waals surface area contributed by atoms with Gasteiger partial charge in [-0.1, -0.05) is 0 Å². The summed E-state index contributed by atoms with van der Waals surface area (Å²) in [4.78, 5) is 19.5. The summed E-state index contributed by atoms with van der Waals surface area (Å²) in [7, 11) is 0. The van der Waals surface area contributed by atoms with Gasteiger partial charge in [-0.05, 0) is 49.3 Å². The molecule has 2 aliphatic heterocycles. The Bertz CT molecular complexity index is 723. The molecule has 0 aromatic carbocycles. The Kier molecular flexibility index (Phi) is 5.50. The maximum absolute atomic E-state index is 12.6. The Balaban J connectivity index is 1.32. The number of likely N-dealkylation sites (tertiary alicyclic amines) is 1. The zero-order valence-electron chi connectivity index (χ0n) is 14.8. The molecule has 2 aliphatic rings. The zero-order valence-corrected chi connectivity index (χ0v) is 15.6. The van der Waals surface area contributed by atoms with Crippen LogP contribution in [0, 0.1) is 0 Å². The molecule has 0 aliphatic carbocycles. The van der Waals surface area contributed by atoms with E-state index >= 15 is 0 Å². The summed E-state index contributed by atoms with van der Waals surface area (Å²) in [5.74, 6) is 3.19. The van der Waals surface area contributed by atoms with E-state index in [1.807, 2.05) is 0 Å². The van der Waals surface area contributed by atoms with Crippen LogP contribution in [-0.4, -0.2) is 67.2 Å². The van der Waals surface area contributed by atoms with Gasteiger partial charge >= 0.3 is 0 Å². The van der Waals surface area contributed by atoms with E-state index in [9.17, 15) is 4.79 Å². The largest absolute Gasteiger partial charge is 0.349 e. The van der Waals surface area contributed by atoms with E-state index in [0.717, 1.165) is 32.0 Å². The highest BCUT2D eigenvalue weighted by molar-refractivity contribution is 7.99. The number of pyridine rings is 1. The summed E-state index contributed by atoms with van der Waals surface area (Å²) >= 11 is 2.07. The average molecular weight is 372 g/mol. The van der Waals surface area contributed by atoms with E-state index < -0.39 is 0 Å². The minimum absolute atomic E-state index is 0.0331. The molecule has 2 aromatic heterocycles. The number of thioether (sulfide) groups is 1. The molecular formula is C18H24N6OS. The highest BCUT2D eigenvalue weighted by Crippen LogP contribution is 2.24. The number of rotatable bonds is 4. The summed E-state index contributed by atoms with van der Waals surface area (Å²) in [6.07, 6.45) is 9.47. The van der Waals surface area contributed by atoms with Crippen LogP contribution in [0.1, 0.15) is 36.0 Å². The molecule has 7 nitrogen and oxygen atoms in total. The van der Waals surface area contributed by atoms with Crippen molar-refractivity contribution >= 4 is 17.7 Å². The molecule has 4 heterocycles. The van der Waals surface area contributed by atoms with E-state index in [-0.39, 0.29) is 11.9 Å². The maximum atomic E-state index is 12.6. The van der Waals surface area contributed by atoms with Crippen molar-refractivity contribution in [3.8, 4) is 5.82 Å². The molecule has 0 spiro atoms. The summed E-state index contributed by atoms with van der Waals surface area (Å²) in [6.45, 7) is 2.17. The molecule has 0 unspecified atom stereocenters. The third-order valence-corrected chi connectivity index (χ3v) is 6.31. The van der Waals surface area contributed by atoms with Gasteiger partial charge in [0.05, 0.1) is 0 Å². The molecule has 1 amide bonds. The first-order valence-electron chi connectivity index (χ1n) is 9.23. The van der Waals surface area contributed by atoms with Gasteiger partial charge in [0.15, 0.2) is 0 Å². The fourth-order valence-corrected chi connectivity index (χ4v) is 4.83. The first kappa shape index (κ1) is 17.5. The second kappa shape index (κ2) is 8.18. The van der Waals surface area contributed by atoms with Crippen molar-refractivity contribution in [3.05, 3.63) is 36.5 Å². The molecule has 1 N–H and O–H groups in total. The molecule has 0 saturated carbocycles. The van der Waals surface area contributed by atoms with E-state index in [2.05, 4.69) is 37.2 Å². The highest BCUT2D eigenvalue weighted by atomic mass is 32.2. The number of carbonyl (C=O) groups excluding carboxylic acids is 1. The van der Waals surface area contributed by atoms with Gasteiger partial charge in [-0.3, -0.25) is 9.36 Å². The Morgan fingerprint density at radius 3 is 2.58 bits per heavy atom. The number of piperidine rings is 1. The SMILES string of the molecule is O=C(NC1CCN(C2CCSCC2)CC1)c1ccnc(-n2cnnc2)c1. The summed E-state index contributed by atoms with van der Waals surface area (Å²) in [6, 6.07) is 4.52. The van der Waals surface area contributed by atoms with Gasteiger partial charge in [0.1, 0.15) is 18.5 Å². The Morgan fingerprint density at radius 1 is 1.12 bits per heavy atom. The van der Waals surface area contributed by atoms with Crippen LogP contribution in [0.25, 0.3) is 5.82 Å². The minimum atomic E-state index is -0.0331. The third-order valence-electron chi connectivity index (χ3n) is 5.26. The second-order valence-corrected chi connectivity index (χ2v) is 8.12. The van der Waals surface area contributed by atoms with Crippen molar-refractivity contribution in [3.63, 3.8) is 0 Å². The van der Waals surface area contributed by atoms with Gasteiger partial charge in [0, 0.05) is 36.9 Å². The molecule has 2 aromatic rings. The maximum Gasteiger partial charge on any atom is 0.251 e. The lowest BCUT2D eigenvalue weighted by atomic mass is 10.0. The molecule has 26 heavy (non-hydrogen) atoms. The number of amides is 1. The summed E-state index contributed by atoms with van der Waals surface area (Å²) in [5, 5.41) is 10.8. The van der Waals surface area contributed by atoms with Crippen molar-refractivity contribution < 1.29 is 4.79 Å². The van der Waals surface area contributed by atoms with Crippen LogP contribution in [0.15, 0.2) is 31.0 Å². The topological polar surface area (TPSA) is 75.9 Å². The predicted octanol–water partition coefficient (Wildman–Crippen LogP) is 1.75. The lowest BCUT2D eigenvalue weighted by Gasteiger charge is -2.39. The monoisotopic (exact) mass is 372 g/mol. The molecule has 0 radical (unpaired) electrons. The van der Waals surface area contributed by atoms with Crippen LogP contribution < -0.4 is 5.32 Å². The number of aromatic nitrogens is 4. The normalized spacial score (nSPS) is 20.2. The fourth-order valence-electron chi connectivity index (χ4n) is 3.75. The van der Waals surface area contributed by atoms with Gasteiger partial charge in [0.25, 0.3) is 5.91 Å². The summed E-state index contributed by atoms with van der Waals surface area (Å²) in [5.41, 5.74) is 0.621. The van der Waals surface area contributed by atoms with Crippen molar-refractivity contribution in [2.24, 2.45) is 0 Å². The van der Waals surface area contributed by atoms with Crippen LogP contribution in [0.3, 0.4) is 0 Å².